The van der Waals surface area contributed by atoms with Crippen molar-refractivity contribution in [2.45, 2.75) is 12.3 Å². The van der Waals surface area contributed by atoms with Crippen molar-refractivity contribution in [3.63, 3.8) is 0 Å². The average Bonchev–Trinajstić information content (AvgIpc) is 3.14. The molecule has 2 aliphatic heterocycles. The third kappa shape index (κ3) is 3.14. The number of carbonyl (C=O) groups is 2. The molecule has 0 saturated heterocycles. The van der Waals surface area contributed by atoms with Gasteiger partial charge in [-0.3, -0.25) is 9.69 Å². The van der Waals surface area contributed by atoms with Crippen LogP contribution in [0.1, 0.15) is 17.9 Å². The third-order valence-corrected chi connectivity index (χ3v) is 5.29. The van der Waals surface area contributed by atoms with Crippen molar-refractivity contribution in [2.75, 3.05) is 32.8 Å². The normalized spacial score (nSPS) is 18.3. The summed E-state index contributed by atoms with van der Waals surface area (Å²) < 4.78 is 34.8. The van der Waals surface area contributed by atoms with Gasteiger partial charge in [-0.15, -0.1) is 0 Å². The summed E-state index contributed by atoms with van der Waals surface area (Å²) in [6.07, 6.45) is 0.0317. The van der Waals surface area contributed by atoms with E-state index in [1.165, 1.54) is 50.5 Å². The van der Waals surface area contributed by atoms with Gasteiger partial charge in [0.15, 0.2) is 11.5 Å². The summed E-state index contributed by atoms with van der Waals surface area (Å²) in [6, 6.07) is 8.99. The van der Waals surface area contributed by atoms with Crippen LogP contribution in [-0.2, 0) is 14.3 Å². The van der Waals surface area contributed by atoms with Gasteiger partial charge in [0.05, 0.1) is 32.6 Å². The molecule has 156 valence electrons. The van der Waals surface area contributed by atoms with Gasteiger partial charge in [0.25, 0.3) is 0 Å². The van der Waals surface area contributed by atoms with Crippen molar-refractivity contribution < 1.29 is 32.9 Å². The lowest BCUT2D eigenvalue weighted by Crippen LogP contribution is -2.37. The smallest absolute Gasteiger partial charge is 0.336 e. The Bertz CT molecular complexity index is 1020. The molecule has 2 heterocycles. The highest BCUT2D eigenvalue weighted by molar-refractivity contribution is 6.06. The summed E-state index contributed by atoms with van der Waals surface area (Å²) in [7, 11) is 4.50. The number of hydrogen-bond donors (Lipinski definition) is 0. The SMILES string of the molecule is COc1cc([C@@H]2CC(=O)N(c3ccc(F)cc3)C3=C2C(=O)OC3)cc(OC)c1OC. The molecule has 0 unspecified atom stereocenters. The molecule has 0 spiro atoms. The van der Waals surface area contributed by atoms with Crippen LogP contribution in [0.4, 0.5) is 10.1 Å². The van der Waals surface area contributed by atoms with Crippen LogP contribution in [0.15, 0.2) is 47.7 Å². The summed E-state index contributed by atoms with van der Waals surface area (Å²) in [5.74, 6) is -0.385. The number of ether oxygens (including phenoxy) is 4. The molecule has 1 amide bonds. The van der Waals surface area contributed by atoms with Gasteiger partial charge in [-0.25, -0.2) is 9.18 Å². The molecule has 1 atom stereocenters. The lowest BCUT2D eigenvalue weighted by Gasteiger charge is -2.32. The van der Waals surface area contributed by atoms with Crippen molar-refractivity contribution in [1.82, 2.24) is 0 Å². The number of nitrogens with zero attached hydrogens (tertiary/aromatic N) is 1. The Balaban J connectivity index is 1.84. The average molecular weight is 413 g/mol. The Kier molecular flexibility index (Phi) is 5.07. The first kappa shape index (κ1) is 19.8. The Morgan fingerprint density at radius 2 is 1.63 bits per heavy atom. The van der Waals surface area contributed by atoms with Gasteiger partial charge in [0, 0.05) is 18.0 Å². The summed E-state index contributed by atoms with van der Waals surface area (Å²) >= 11 is 0. The Morgan fingerprint density at radius 1 is 1.00 bits per heavy atom. The largest absolute Gasteiger partial charge is 0.493 e. The van der Waals surface area contributed by atoms with Crippen molar-refractivity contribution in [3.05, 3.63) is 59.0 Å². The van der Waals surface area contributed by atoms with Crippen LogP contribution in [0, 0.1) is 5.82 Å². The number of cyclic esters (lactones) is 1. The lowest BCUT2D eigenvalue weighted by molar-refractivity contribution is -0.136. The van der Waals surface area contributed by atoms with E-state index in [0.717, 1.165) is 0 Å². The van der Waals surface area contributed by atoms with Crippen molar-refractivity contribution in [2.24, 2.45) is 0 Å². The van der Waals surface area contributed by atoms with E-state index in [0.29, 0.717) is 39.8 Å². The fraction of sp³-hybridized carbons (Fsp3) is 0.273. The molecule has 8 heteroatoms. The third-order valence-electron chi connectivity index (χ3n) is 5.29. The van der Waals surface area contributed by atoms with Gasteiger partial charge in [0.2, 0.25) is 11.7 Å². The van der Waals surface area contributed by atoms with E-state index in [1.807, 2.05) is 0 Å². The summed E-state index contributed by atoms with van der Waals surface area (Å²) in [6.45, 7) is -0.0296. The predicted molar refractivity (Wildman–Crippen MR) is 105 cm³/mol. The first-order valence-electron chi connectivity index (χ1n) is 9.27. The highest BCUT2D eigenvalue weighted by atomic mass is 19.1. The molecule has 0 bridgehead atoms. The van der Waals surface area contributed by atoms with Crippen LogP contribution in [0.2, 0.25) is 0 Å². The van der Waals surface area contributed by atoms with E-state index in [2.05, 4.69) is 0 Å². The Morgan fingerprint density at radius 3 is 2.20 bits per heavy atom. The van der Waals surface area contributed by atoms with Crippen LogP contribution in [0.5, 0.6) is 17.2 Å². The second-order valence-electron chi connectivity index (χ2n) is 6.86. The first-order chi connectivity index (χ1) is 14.5. The monoisotopic (exact) mass is 413 g/mol. The van der Waals surface area contributed by atoms with Crippen LogP contribution < -0.4 is 19.1 Å². The number of amides is 1. The molecule has 0 aliphatic carbocycles. The quantitative estimate of drug-likeness (QED) is 0.701. The summed E-state index contributed by atoms with van der Waals surface area (Å²) in [5.41, 5.74) is 2.01. The zero-order valence-corrected chi connectivity index (χ0v) is 16.7. The number of benzene rings is 2. The molecular weight excluding hydrogens is 393 g/mol. The molecule has 0 fully saturated rings. The minimum Gasteiger partial charge on any atom is -0.493 e. The number of halogens is 1. The van der Waals surface area contributed by atoms with E-state index in [1.54, 1.807) is 12.1 Å². The zero-order chi connectivity index (χ0) is 21.4. The van der Waals surface area contributed by atoms with Crippen molar-refractivity contribution in [1.29, 1.82) is 0 Å². The van der Waals surface area contributed by atoms with Gasteiger partial charge in [-0.05, 0) is 42.0 Å². The highest BCUT2D eigenvalue weighted by Gasteiger charge is 2.43. The van der Waals surface area contributed by atoms with Crippen LogP contribution in [-0.4, -0.2) is 39.8 Å². The lowest BCUT2D eigenvalue weighted by atomic mass is 9.83. The van der Waals surface area contributed by atoms with E-state index in [-0.39, 0.29) is 18.9 Å². The molecule has 0 saturated carbocycles. The van der Waals surface area contributed by atoms with Crippen molar-refractivity contribution in [3.8, 4) is 17.2 Å². The molecule has 2 aromatic rings. The zero-order valence-electron chi connectivity index (χ0n) is 16.7. The van der Waals surface area contributed by atoms with E-state index in [4.69, 9.17) is 18.9 Å². The molecular formula is C22H20FNO6. The Labute approximate surface area is 172 Å². The van der Waals surface area contributed by atoms with Crippen LogP contribution in [0.3, 0.4) is 0 Å². The van der Waals surface area contributed by atoms with E-state index in [9.17, 15) is 14.0 Å². The van der Waals surface area contributed by atoms with E-state index >= 15 is 0 Å². The number of methoxy groups -OCH3 is 3. The number of carbonyl (C=O) groups excluding carboxylic acids is 2. The van der Waals surface area contributed by atoms with Crippen LogP contribution in [0.25, 0.3) is 0 Å². The molecule has 2 aliphatic rings. The maximum Gasteiger partial charge on any atom is 0.336 e. The summed E-state index contributed by atoms with van der Waals surface area (Å²) in [4.78, 5) is 27.1. The molecule has 2 aromatic carbocycles. The minimum atomic E-state index is -0.534. The van der Waals surface area contributed by atoms with E-state index < -0.39 is 17.7 Å². The Hall–Kier alpha value is -3.55. The molecule has 0 aromatic heterocycles. The molecule has 0 radical (unpaired) electrons. The minimum absolute atomic E-state index is 0.0296. The van der Waals surface area contributed by atoms with Gasteiger partial charge >= 0.3 is 5.97 Å². The number of rotatable bonds is 5. The van der Waals surface area contributed by atoms with Gasteiger partial charge < -0.3 is 18.9 Å². The number of hydrogen-bond acceptors (Lipinski definition) is 6. The maximum atomic E-state index is 13.3. The molecule has 4 rings (SSSR count). The molecule has 30 heavy (non-hydrogen) atoms. The maximum absolute atomic E-state index is 13.3. The first-order valence-corrected chi connectivity index (χ1v) is 9.27. The second-order valence-corrected chi connectivity index (χ2v) is 6.86. The number of anilines is 1. The number of esters is 1. The van der Waals surface area contributed by atoms with Crippen molar-refractivity contribution >= 4 is 17.6 Å². The molecule has 0 N–H and O–H groups in total. The predicted octanol–water partition coefficient (Wildman–Crippen LogP) is 3.18. The highest BCUT2D eigenvalue weighted by Crippen LogP contribution is 2.46. The van der Waals surface area contributed by atoms with Crippen LogP contribution >= 0.6 is 0 Å². The topological polar surface area (TPSA) is 74.3 Å². The van der Waals surface area contributed by atoms with Gasteiger partial charge in [0.1, 0.15) is 12.4 Å². The van der Waals surface area contributed by atoms with Gasteiger partial charge in [-0.1, -0.05) is 0 Å². The van der Waals surface area contributed by atoms with Gasteiger partial charge in [-0.2, -0.15) is 0 Å². The fourth-order valence-corrected chi connectivity index (χ4v) is 3.93. The summed E-state index contributed by atoms with van der Waals surface area (Å²) in [5, 5.41) is 0. The molecule has 7 nitrogen and oxygen atoms in total. The standard InChI is InChI=1S/C22H20FNO6/c1-27-17-8-12(9-18(28-2)21(17)29-3)15-10-19(25)24(14-6-4-13(23)5-7-14)16-11-30-22(26)20(15)16/h4-9,15H,10-11H2,1-3H3/t15-/m0/s1. The second kappa shape index (κ2) is 7.70. The fourth-order valence-electron chi connectivity index (χ4n) is 3.93.